The Kier molecular flexibility index (Phi) is 11.3. The Hall–Kier alpha value is -1.31. The van der Waals surface area contributed by atoms with E-state index in [9.17, 15) is 9.59 Å². The summed E-state index contributed by atoms with van der Waals surface area (Å²) in [6, 6.07) is 0. The molecule has 2 unspecified atom stereocenters. The Bertz CT molecular complexity index is 665. The predicted molar refractivity (Wildman–Crippen MR) is 120 cm³/mol. The van der Waals surface area contributed by atoms with Crippen LogP contribution in [0.15, 0.2) is 37.1 Å². The number of carbonyl (C=O) groups is 2. The summed E-state index contributed by atoms with van der Waals surface area (Å²) in [5.74, 6) is 0.661. The van der Waals surface area contributed by atoms with Crippen LogP contribution in [-0.4, -0.2) is 27.1 Å². The van der Waals surface area contributed by atoms with Crippen LogP contribution in [-0.2, 0) is 22.1 Å². The molecule has 1 fully saturated rings. The molecule has 1 rings (SSSR count). The fourth-order valence-electron chi connectivity index (χ4n) is 3.81. The molecular weight excluding hydrogens is 507 g/mol. The zero-order chi connectivity index (χ0) is 23.7. The number of unbranched alkanes of at least 4 members (excludes halogenated alkanes) is 1. The molecule has 0 N–H and O–H groups in total. The number of esters is 1. The Morgan fingerprint density at radius 2 is 1.74 bits per heavy atom. The molecule has 1 aliphatic carbocycles. The van der Waals surface area contributed by atoms with Crippen molar-refractivity contribution in [1.82, 2.24) is 0 Å². The van der Waals surface area contributed by atoms with E-state index in [1.165, 1.54) is 6.08 Å². The predicted octanol–water partition coefficient (Wildman–Crippen LogP) is 3.05. The topological polar surface area (TPSA) is 61.8 Å². The van der Waals surface area contributed by atoms with Gasteiger partial charge in [-0.2, -0.15) is 0 Å². The minimum absolute atomic E-state index is 0.142. The van der Waals surface area contributed by atoms with Crippen LogP contribution < -0.4 is 21.6 Å². The van der Waals surface area contributed by atoms with Crippen molar-refractivity contribution in [3.63, 3.8) is 0 Å². The van der Waals surface area contributed by atoms with Gasteiger partial charge in [0, 0.05) is 0 Å². The molecule has 0 bridgehead atoms. The van der Waals surface area contributed by atoms with Gasteiger partial charge in [-0.1, -0.05) is 13.2 Å². The average molecular weight is 547 g/mol. The number of ether oxygens (including phenoxy) is 2. The fourth-order valence-corrected chi connectivity index (χ4v) is 6.14. The van der Waals surface area contributed by atoms with Gasteiger partial charge in [0.15, 0.2) is 0 Å². The number of alkyl halides is 1. The third-order valence-corrected chi connectivity index (χ3v) is 7.88. The molecular formula is C25H40IO5-. The summed E-state index contributed by atoms with van der Waals surface area (Å²) in [5.41, 5.74) is 0.0157. The van der Waals surface area contributed by atoms with Crippen LogP contribution in [0, 0.1) is 5.92 Å². The molecule has 0 aromatic heterocycles. The summed E-state index contributed by atoms with van der Waals surface area (Å²) in [7, 11) is 0. The molecule has 1 aliphatic rings. The van der Waals surface area contributed by atoms with Crippen molar-refractivity contribution in [2.75, 3.05) is 0 Å². The van der Waals surface area contributed by atoms with Crippen molar-refractivity contribution in [3.8, 4) is 0 Å². The molecule has 0 saturated heterocycles. The molecule has 2 atom stereocenters. The SMILES string of the molecule is C=CC(=O)O[I-]C1CCC(CC(C)(C)OC(=O)CCCCC(C)(C)OC(=C)C(=C)C)C1. The number of allylic oxidation sites excluding steroid dienone is 1. The Morgan fingerprint density at radius 3 is 2.35 bits per heavy atom. The van der Waals surface area contributed by atoms with E-state index in [4.69, 9.17) is 12.5 Å². The van der Waals surface area contributed by atoms with E-state index < -0.39 is 27.2 Å². The van der Waals surface area contributed by atoms with E-state index in [-0.39, 0.29) is 17.5 Å². The molecule has 0 aromatic carbocycles. The van der Waals surface area contributed by atoms with Crippen LogP contribution in [0.3, 0.4) is 0 Å². The Balaban J connectivity index is 2.30. The Morgan fingerprint density at radius 1 is 1.06 bits per heavy atom. The first-order valence-electron chi connectivity index (χ1n) is 11.1. The summed E-state index contributed by atoms with van der Waals surface area (Å²) >= 11 is -0.592. The molecule has 0 spiro atoms. The zero-order valence-electron chi connectivity index (χ0n) is 19.9. The van der Waals surface area contributed by atoms with Crippen molar-refractivity contribution in [2.24, 2.45) is 5.92 Å². The van der Waals surface area contributed by atoms with Crippen LogP contribution >= 0.6 is 0 Å². The normalized spacial score (nSPS) is 19.0. The summed E-state index contributed by atoms with van der Waals surface area (Å²) in [6.07, 6.45) is 8.19. The van der Waals surface area contributed by atoms with E-state index in [0.29, 0.717) is 22.0 Å². The Labute approximate surface area is 199 Å². The van der Waals surface area contributed by atoms with Gasteiger partial charge in [-0.25, -0.2) is 0 Å². The van der Waals surface area contributed by atoms with Gasteiger partial charge in [0.05, 0.1) is 0 Å². The second-order valence-corrected chi connectivity index (χ2v) is 12.4. The standard InChI is InChI=1S/C25H40IO5/c1-9-22(27)31-26-21-14-13-20(16-21)17-25(7,8)30-23(28)12-10-11-15-24(5,6)29-19(4)18(2)3/h9,20-21H,1-2,4,10-17H2,3,5-8H3/q-1. The molecule has 5 nitrogen and oxygen atoms in total. The van der Waals surface area contributed by atoms with Crippen LogP contribution in [0.1, 0.15) is 86.0 Å². The third-order valence-electron chi connectivity index (χ3n) is 5.35. The van der Waals surface area contributed by atoms with E-state index in [0.717, 1.165) is 50.5 Å². The van der Waals surface area contributed by atoms with Gasteiger partial charge < -0.3 is 4.74 Å². The van der Waals surface area contributed by atoms with Gasteiger partial charge in [0.2, 0.25) is 0 Å². The number of carbonyl (C=O) groups excluding carboxylic acids is 2. The fraction of sp³-hybridized carbons (Fsp3) is 0.680. The van der Waals surface area contributed by atoms with Crippen LogP contribution in [0.5, 0.6) is 0 Å². The van der Waals surface area contributed by atoms with Crippen molar-refractivity contribution in [1.29, 1.82) is 0 Å². The molecule has 0 heterocycles. The number of rotatable bonds is 14. The minimum atomic E-state index is -0.592. The molecule has 0 aliphatic heterocycles. The number of halogens is 1. The maximum absolute atomic E-state index is 12.4. The van der Waals surface area contributed by atoms with Gasteiger partial charge in [0.1, 0.15) is 5.76 Å². The number of hydrogen-bond acceptors (Lipinski definition) is 5. The molecule has 0 amide bonds. The zero-order valence-corrected chi connectivity index (χ0v) is 22.1. The summed E-state index contributed by atoms with van der Waals surface area (Å²) < 4.78 is 17.4. The van der Waals surface area contributed by atoms with Crippen LogP contribution in [0.25, 0.3) is 0 Å². The summed E-state index contributed by atoms with van der Waals surface area (Å²) in [4.78, 5) is 23.6. The molecule has 6 heteroatoms. The molecule has 178 valence electrons. The second-order valence-electron chi connectivity index (χ2n) is 9.68. The first-order chi connectivity index (χ1) is 14.3. The van der Waals surface area contributed by atoms with E-state index >= 15 is 0 Å². The molecule has 0 radical (unpaired) electrons. The molecule has 0 aromatic rings. The first-order valence-corrected chi connectivity index (χ1v) is 13.2. The monoisotopic (exact) mass is 547 g/mol. The second kappa shape index (κ2) is 12.7. The van der Waals surface area contributed by atoms with Gasteiger partial charge in [-0.3, -0.25) is 0 Å². The maximum atomic E-state index is 12.4. The van der Waals surface area contributed by atoms with Crippen molar-refractivity contribution in [2.45, 2.75) is 101 Å². The van der Waals surface area contributed by atoms with Crippen LogP contribution in [0.2, 0.25) is 0 Å². The number of hydrogen-bond donors (Lipinski definition) is 0. The quantitative estimate of drug-likeness (QED) is 0.0637. The summed E-state index contributed by atoms with van der Waals surface area (Å²) in [6.45, 7) is 21.1. The third kappa shape index (κ3) is 11.8. The van der Waals surface area contributed by atoms with E-state index in [2.05, 4.69) is 19.7 Å². The van der Waals surface area contributed by atoms with Crippen molar-refractivity contribution >= 4 is 11.9 Å². The summed E-state index contributed by atoms with van der Waals surface area (Å²) in [5, 5.41) is 0. The molecule has 31 heavy (non-hydrogen) atoms. The van der Waals surface area contributed by atoms with Gasteiger partial charge in [0.25, 0.3) is 0 Å². The van der Waals surface area contributed by atoms with Crippen molar-refractivity contribution < 1.29 is 43.7 Å². The van der Waals surface area contributed by atoms with Crippen LogP contribution in [0.4, 0.5) is 0 Å². The van der Waals surface area contributed by atoms with Gasteiger partial charge in [-0.05, 0) is 26.3 Å². The van der Waals surface area contributed by atoms with E-state index in [1.807, 2.05) is 34.6 Å². The van der Waals surface area contributed by atoms with Gasteiger partial charge in [-0.15, -0.1) is 0 Å². The first kappa shape index (κ1) is 27.7. The average Bonchev–Trinajstić information content (AvgIpc) is 3.08. The molecule has 1 saturated carbocycles. The van der Waals surface area contributed by atoms with Crippen molar-refractivity contribution in [3.05, 3.63) is 37.1 Å². The van der Waals surface area contributed by atoms with Gasteiger partial charge >= 0.3 is 150 Å². The van der Waals surface area contributed by atoms with E-state index in [1.54, 1.807) is 0 Å².